The zero-order valence-electron chi connectivity index (χ0n) is 13.3. The molecule has 1 aromatic heterocycles. The molecular weight excluding hydrogens is 318 g/mol. The summed E-state index contributed by atoms with van der Waals surface area (Å²) in [6.45, 7) is 5.44. The second kappa shape index (κ2) is 7.36. The third-order valence-electron chi connectivity index (χ3n) is 4.93. The van der Waals surface area contributed by atoms with Gasteiger partial charge in [0.25, 0.3) is 5.91 Å². The molecule has 2 N–H and O–H groups in total. The first kappa shape index (κ1) is 17.8. The minimum Gasteiger partial charge on any atom is -0.459 e. The minimum absolute atomic E-state index is 0. The Morgan fingerprint density at radius 3 is 2.65 bits per heavy atom. The average Bonchev–Trinajstić information content (AvgIpc) is 3.19. The molecule has 1 spiro atoms. The highest BCUT2D eigenvalue weighted by Crippen LogP contribution is 2.36. The van der Waals surface area contributed by atoms with Crippen LogP contribution in [0.4, 0.5) is 0 Å². The number of piperidine rings is 1. The summed E-state index contributed by atoms with van der Waals surface area (Å²) >= 11 is 0. The number of rotatable bonds is 3. The molecular formula is C16H24ClN3O3. The molecule has 2 aliphatic rings. The second-order valence-corrected chi connectivity index (χ2v) is 6.42. The SMILES string of the molecule is CC(NC(=O)c1ccco1)C(=O)N1CCC2(CCNC2)CC1.Cl. The number of carbonyl (C=O) groups excluding carboxylic acids is 2. The lowest BCUT2D eigenvalue weighted by molar-refractivity contribution is -0.135. The van der Waals surface area contributed by atoms with Crippen molar-refractivity contribution in [3.63, 3.8) is 0 Å². The third kappa shape index (κ3) is 3.87. The molecule has 0 radical (unpaired) electrons. The molecule has 0 bridgehead atoms. The van der Waals surface area contributed by atoms with Gasteiger partial charge in [-0.1, -0.05) is 0 Å². The molecule has 2 saturated heterocycles. The van der Waals surface area contributed by atoms with E-state index < -0.39 is 6.04 Å². The van der Waals surface area contributed by atoms with Crippen LogP contribution in [-0.2, 0) is 4.79 Å². The highest BCUT2D eigenvalue weighted by molar-refractivity contribution is 5.95. The molecule has 1 atom stereocenters. The van der Waals surface area contributed by atoms with Gasteiger partial charge >= 0.3 is 0 Å². The van der Waals surface area contributed by atoms with Gasteiger partial charge in [0.15, 0.2) is 5.76 Å². The van der Waals surface area contributed by atoms with Gasteiger partial charge in [-0.2, -0.15) is 0 Å². The van der Waals surface area contributed by atoms with Crippen molar-refractivity contribution in [1.29, 1.82) is 0 Å². The van der Waals surface area contributed by atoms with E-state index in [1.165, 1.54) is 12.7 Å². The fraction of sp³-hybridized carbons (Fsp3) is 0.625. The quantitative estimate of drug-likeness (QED) is 0.872. The van der Waals surface area contributed by atoms with Crippen LogP contribution in [-0.4, -0.2) is 48.9 Å². The molecule has 7 heteroatoms. The first-order valence-corrected chi connectivity index (χ1v) is 7.94. The summed E-state index contributed by atoms with van der Waals surface area (Å²) in [4.78, 5) is 26.3. The van der Waals surface area contributed by atoms with Crippen molar-refractivity contribution in [3.8, 4) is 0 Å². The second-order valence-electron chi connectivity index (χ2n) is 6.42. The van der Waals surface area contributed by atoms with Gasteiger partial charge < -0.3 is 20.0 Å². The maximum atomic E-state index is 12.5. The number of amides is 2. The summed E-state index contributed by atoms with van der Waals surface area (Å²) in [7, 11) is 0. The first-order chi connectivity index (χ1) is 10.6. The maximum Gasteiger partial charge on any atom is 0.287 e. The fourth-order valence-electron chi connectivity index (χ4n) is 3.43. The zero-order valence-corrected chi connectivity index (χ0v) is 14.2. The Hall–Kier alpha value is -1.53. The number of hydrogen-bond acceptors (Lipinski definition) is 4. The average molecular weight is 342 g/mol. The number of furan rings is 1. The Morgan fingerprint density at radius 2 is 2.09 bits per heavy atom. The van der Waals surface area contributed by atoms with E-state index in [1.807, 2.05) is 4.90 Å². The Labute approximate surface area is 142 Å². The number of nitrogens with zero attached hydrogens (tertiary/aromatic N) is 1. The maximum absolute atomic E-state index is 12.5. The highest BCUT2D eigenvalue weighted by atomic mass is 35.5. The molecule has 6 nitrogen and oxygen atoms in total. The predicted molar refractivity (Wildman–Crippen MR) is 88.6 cm³/mol. The Balaban J connectivity index is 0.00000192. The van der Waals surface area contributed by atoms with Gasteiger partial charge in [-0.15, -0.1) is 12.4 Å². The van der Waals surface area contributed by atoms with Gasteiger partial charge in [-0.05, 0) is 50.3 Å². The lowest BCUT2D eigenvalue weighted by atomic mass is 9.78. The van der Waals surface area contributed by atoms with Crippen LogP contribution in [0.15, 0.2) is 22.8 Å². The van der Waals surface area contributed by atoms with Crippen LogP contribution in [0.25, 0.3) is 0 Å². The highest BCUT2D eigenvalue weighted by Gasteiger charge is 2.38. The van der Waals surface area contributed by atoms with E-state index in [0.717, 1.165) is 39.0 Å². The molecule has 2 aliphatic heterocycles. The normalized spacial score (nSPS) is 20.8. The van der Waals surface area contributed by atoms with Gasteiger partial charge in [0, 0.05) is 19.6 Å². The van der Waals surface area contributed by atoms with Crippen LogP contribution in [0.3, 0.4) is 0 Å². The Bertz CT molecular complexity index is 531. The predicted octanol–water partition coefficient (Wildman–Crippen LogP) is 1.42. The van der Waals surface area contributed by atoms with Gasteiger partial charge in [0.2, 0.25) is 5.91 Å². The van der Waals surface area contributed by atoms with Crippen molar-refractivity contribution in [2.75, 3.05) is 26.2 Å². The standard InChI is InChI=1S/C16H23N3O3.ClH/c1-12(18-14(20)13-3-2-10-22-13)15(21)19-8-5-16(6-9-19)4-7-17-11-16;/h2-3,10,12,17H,4-9,11H2,1H3,(H,18,20);1H. The molecule has 0 aliphatic carbocycles. The van der Waals surface area contributed by atoms with Gasteiger partial charge in [-0.3, -0.25) is 9.59 Å². The van der Waals surface area contributed by atoms with Crippen molar-refractivity contribution in [2.24, 2.45) is 5.41 Å². The summed E-state index contributed by atoms with van der Waals surface area (Å²) < 4.78 is 5.04. The number of halogens is 1. The largest absolute Gasteiger partial charge is 0.459 e. The first-order valence-electron chi connectivity index (χ1n) is 7.94. The lowest BCUT2D eigenvalue weighted by Crippen LogP contribution is -2.51. The van der Waals surface area contributed by atoms with Crippen LogP contribution >= 0.6 is 12.4 Å². The molecule has 1 unspecified atom stereocenters. The van der Waals surface area contributed by atoms with E-state index in [9.17, 15) is 9.59 Å². The Morgan fingerprint density at radius 1 is 1.35 bits per heavy atom. The monoisotopic (exact) mass is 341 g/mol. The van der Waals surface area contributed by atoms with Crippen molar-refractivity contribution in [2.45, 2.75) is 32.2 Å². The van der Waals surface area contributed by atoms with Crippen molar-refractivity contribution < 1.29 is 14.0 Å². The Kier molecular flexibility index (Phi) is 5.70. The molecule has 3 rings (SSSR count). The molecule has 1 aromatic rings. The van der Waals surface area contributed by atoms with Crippen molar-refractivity contribution in [1.82, 2.24) is 15.5 Å². The van der Waals surface area contributed by atoms with Crippen molar-refractivity contribution in [3.05, 3.63) is 24.2 Å². The van der Waals surface area contributed by atoms with Crippen LogP contribution in [0.1, 0.15) is 36.7 Å². The molecule has 2 amide bonds. The molecule has 0 aromatic carbocycles. The van der Waals surface area contributed by atoms with E-state index in [2.05, 4.69) is 10.6 Å². The molecule has 128 valence electrons. The zero-order chi connectivity index (χ0) is 15.6. The van der Waals surface area contributed by atoms with E-state index in [-0.39, 0.29) is 30.0 Å². The van der Waals surface area contributed by atoms with Crippen LogP contribution in [0.2, 0.25) is 0 Å². The summed E-state index contributed by atoms with van der Waals surface area (Å²) in [6.07, 6.45) is 4.75. The van der Waals surface area contributed by atoms with Gasteiger partial charge in [-0.25, -0.2) is 0 Å². The van der Waals surface area contributed by atoms with E-state index in [4.69, 9.17) is 4.42 Å². The summed E-state index contributed by atoms with van der Waals surface area (Å²) in [6, 6.07) is 2.71. The van der Waals surface area contributed by atoms with Crippen molar-refractivity contribution >= 4 is 24.2 Å². The number of hydrogen-bond donors (Lipinski definition) is 2. The van der Waals surface area contributed by atoms with E-state index >= 15 is 0 Å². The van der Waals surface area contributed by atoms with Crippen LogP contribution in [0, 0.1) is 5.41 Å². The molecule has 23 heavy (non-hydrogen) atoms. The van der Waals surface area contributed by atoms with Crippen LogP contribution < -0.4 is 10.6 Å². The van der Waals surface area contributed by atoms with Crippen LogP contribution in [0.5, 0.6) is 0 Å². The van der Waals surface area contributed by atoms with E-state index in [0.29, 0.717) is 5.41 Å². The minimum atomic E-state index is -0.534. The molecule has 2 fully saturated rings. The number of nitrogens with one attached hydrogen (secondary N) is 2. The number of carbonyl (C=O) groups is 2. The van der Waals surface area contributed by atoms with Gasteiger partial charge in [0.1, 0.15) is 6.04 Å². The molecule has 0 saturated carbocycles. The molecule has 3 heterocycles. The number of likely N-dealkylation sites (tertiary alicyclic amines) is 1. The summed E-state index contributed by atoms with van der Waals surface area (Å²) in [5.41, 5.74) is 0.386. The van der Waals surface area contributed by atoms with E-state index in [1.54, 1.807) is 19.1 Å². The summed E-state index contributed by atoms with van der Waals surface area (Å²) in [5, 5.41) is 6.12. The third-order valence-corrected chi connectivity index (χ3v) is 4.93. The van der Waals surface area contributed by atoms with Gasteiger partial charge in [0.05, 0.1) is 6.26 Å². The topological polar surface area (TPSA) is 74.6 Å². The smallest absolute Gasteiger partial charge is 0.287 e. The summed E-state index contributed by atoms with van der Waals surface area (Å²) in [5.74, 6) is -0.130. The fourth-order valence-corrected chi connectivity index (χ4v) is 3.43. The lowest BCUT2D eigenvalue weighted by Gasteiger charge is -2.39.